The second-order valence-electron chi connectivity index (χ2n) is 7.30. The van der Waals surface area contributed by atoms with Crippen molar-refractivity contribution in [1.82, 2.24) is 19.9 Å². The molecular formula is C20H16F2N4O3. The summed E-state index contributed by atoms with van der Waals surface area (Å²) in [6.45, 7) is 2.24. The summed E-state index contributed by atoms with van der Waals surface area (Å²) in [5.41, 5.74) is 0.378. The van der Waals surface area contributed by atoms with Gasteiger partial charge in [-0.3, -0.25) is 9.59 Å². The predicted octanol–water partition coefficient (Wildman–Crippen LogP) is 2.63. The van der Waals surface area contributed by atoms with Crippen molar-refractivity contribution >= 4 is 16.8 Å². The van der Waals surface area contributed by atoms with Gasteiger partial charge in [0, 0.05) is 19.0 Å². The zero-order chi connectivity index (χ0) is 20.3. The van der Waals surface area contributed by atoms with Crippen molar-refractivity contribution in [1.29, 1.82) is 0 Å². The smallest absolute Gasteiger partial charge is 0.278 e. The number of hydrogen-bond donors (Lipinski definition) is 0. The van der Waals surface area contributed by atoms with Crippen LogP contribution in [-0.4, -0.2) is 38.6 Å². The molecule has 7 nitrogen and oxygen atoms in total. The van der Waals surface area contributed by atoms with Crippen LogP contribution >= 0.6 is 0 Å². The average molecular weight is 398 g/mol. The van der Waals surface area contributed by atoms with Crippen LogP contribution in [0.15, 0.2) is 35.1 Å². The van der Waals surface area contributed by atoms with E-state index in [2.05, 4.69) is 10.3 Å². The van der Waals surface area contributed by atoms with Crippen molar-refractivity contribution in [2.24, 2.45) is 0 Å². The third kappa shape index (κ3) is 2.76. The lowest BCUT2D eigenvalue weighted by Gasteiger charge is -2.31. The molecule has 0 unspecified atom stereocenters. The Hall–Kier alpha value is -3.36. The Morgan fingerprint density at radius 3 is 2.66 bits per heavy atom. The molecule has 29 heavy (non-hydrogen) atoms. The molecule has 3 heterocycles. The third-order valence-corrected chi connectivity index (χ3v) is 5.47. The molecule has 2 aliphatic rings. The first-order chi connectivity index (χ1) is 13.9. The molecule has 2 aliphatic heterocycles. The number of benzene rings is 2. The lowest BCUT2D eigenvalue weighted by Crippen LogP contribution is -2.43. The number of carbonyl (C=O) groups is 1. The minimum Gasteiger partial charge on any atom is -0.470 e. The molecule has 5 rings (SSSR count). The highest BCUT2D eigenvalue weighted by Crippen LogP contribution is 2.34. The Kier molecular flexibility index (Phi) is 3.87. The summed E-state index contributed by atoms with van der Waals surface area (Å²) in [6.07, 6.45) is 1.28. The second-order valence-corrected chi connectivity index (χ2v) is 7.30. The van der Waals surface area contributed by atoms with Crippen molar-refractivity contribution in [3.63, 3.8) is 0 Å². The van der Waals surface area contributed by atoms with E-state index in [0.717, 1.165) is 35.7 Å². The summed E-state index contributed by atoms with van der Waals surface area (Å²) in [5.74, 6) is -1.29. The fraction of sp³-hybridized carbons (Fsp3) is 0.300. The first-order valence-corrected chi connectivity index (χ1v) is 9.29. The van der Waals surface area contributed by atoms with Gasteiger partial charge >= 0.3 is 0 Å². The fourth-order valence-corrected chi connectivity index (χ4v) is 3.95. The Morgan fingerprint density at radius 2 is 1.90 bits per heavy atom. The Labute approximate surface area is 163 Å². The maximum Gasteiger partial charge on any atom is 0.278 e. The molecule has 1 aromatic heterocycles. The highest BCUT2D eigenvalue weighted by atomic mass is 19.1. The van der Waals surface area contributed by atoms with Gasteiger partial charge in [-0.2, -0.15) is 0 Å². The van der Waals surface area contributed by atoms with Gasteiger partial charge in [0.05, 0.1) is 17.0 Å². The molecule has 1 fully saturated rings. The summed E-state index contributed by atoms with van der Waals surface area (Å²) in [5, 5.41) is 8.21. The quantitative estimate of drug-likeness (QED) is 0.663. The molecule has 9 heteroatoms. The van der Waals surface area contributed by atoms with E-state index < -0.39 is 23.2 Å². The molecule has 0 N–H and O–H groups in total. The summed E-state index contributed by atoms with van der Waals surface area (Å²) in [4.78, 5) is 27.4. The average Bonchev–Trinajstić information content (AvgIpc) is 3.15. The number of amides is 1. The molecule has 1 saturated heterocycles. The molecular weight excluding hydrogens is 382 g/mol. The second kappa shape index (κ2) is 6.33. The number of aromatic nitrogens is 3. The molecule has 3 aromatic rings. The Bertz CT molecular complexity index is 1210. The summed E-state index contributed by atoms with van der Waals surface area (Å²) < 4.78 is 34.1. The van der Waals surface area contributed by atoms with Crippen molar-refractivity contribution in [3.05, 3.63) is 63.4 Å². The van der Waals surface area contributed by atoms with Crippen molar-refractivity contribution < 1.29 is 18.3 Å². The van der Waals surface area contributed by atoms with Crippen molar-refractivity contribution in [2.75, 3.05) is 6.54 Å². The lowest BCUT2D eigenvalue weighted by molar-refractivity contribution is 0.0295. The minimum absolute atomic E-state index is 0.148. The van der Waals surface area contributed by atoms with E-state index in [0.29, 0.717) is 17.9 Å². The van der Waals surface area contributed by atoms with Gasteiger partial charge in [0.2, 0.25) is 0 Å². The van der Waals surface area contributed by atoms with Gasteiger partial charge in [-0.05, 0) is 43.2 Å². The summed E-state index contributed by atoms with van der Waals surface area (Å²) in [7, 11) is 0. The van der Waals surface area contributed by atoms with E-state index in [1.54, 1.807) is 11.8 Å². The standard InChI is InChI=1S/C20H16F2N4O3/c1-10(11-5-12(21)7-13(22)6-11)26-20(28)14-9-17-15(8-16(14)23-24-26)19(27)25-4-2-3-18(25)29-17/h5-10,18H,2-4H2,1H3/t10-,18+/m1/s1. The molecule has 0 spiro atoms. The first kappa shape index (κ1) is 17.7. The lowest BCUT2D eigenvalue weighted by atomic mass is 10.1. The number of nitrogens with zero attached hydrogens (tertiary/aromatic N) is 4. The minimum atomic E-state index is -0.742. The first-order valence-electron chi connectivity index (χ1n) is 9.29. The molecule has 1 amide bonds. The fourth-order valence-electron chi connectivity index (χ4n) is 3.95. The van der Waals surface area contributed by atoms with E-state index >= 15 is 0 Å². The van der Waals surface area contributed by atoms with Crippen LogP contribution in [0.2, 0.25) is 0 Å². The maximum absolute atomic E-state index is 13.6. The number of fused-ring (bicyclic) bond motifs is 3. The van der Waals surface area contributed by atoms with E-state index in [1.807, 2.05) is 0 Å². The van der Waals surface area contributed by atoms with E-state index in [1.165, 1.54) is 12.1 Å². The SMILES string of the molecule is C[C@H](c1cc(F)cc(F)c1)n1nnc2cc3c(cc2c1=O)O[C@H]1CCCN1C3=O. The number of halogens is 2. The molecule has 0 aliphatic carbocycles. The van der Waals surface area contributed by atoms with Gasteiger partial charge in [0.15, 0.2) is 6.23 Å². The van der Waals surface area contributed by atoms with Crippen molar-refractivity contribution in [2.45, 2.75) is 32.0 Å². The van der Waals surface area contributed by atoms with Crippen LogP contribution in [0, 0.1) is 11.6 Å². The van der Waals surface area contributed by atoms with Gasteiger partial charge in [0.1, 0.15) is 22.9 Å². The summed E-state index contributed by atoms with van der Waals surface area (Å²) >= 11 is 0. The number of rotatable bonds is 2. The van der Waals surface area contributed by atoms with Crippen LogP contribution in [0.25, 0.3) is 10.9 Å². The van der Waals surface area contributed by atoms with Gasteiger partial charge in [-0.1, -0.05) is 5.21 Å². The van der Waals surface area contributed by atoms with Gasteiger partial charge in [-0.25, -0.2) is 13.5 Å². The molecule has 0 saturated carbocycles. The van der Waals surface area contributed by atoms with Gasteiger partial charge in [0.25, 0.3) is 11.5 Å². The van der Waals surface area contributed by atoms with Crippen LogP contribution in [0.1, 0.15) is 41.7 Å². The molecule has 0 bridgehead atoms. The molecule has 148 valence electrons. The largest absolute Gasteiger partial charge is 0.470 e. The number of ether oxygens (including phenoxy) is 1. The molecule has 2 aromatic carbocycles. The monoisotopic (exact) mass is 398 g/mol. The Balaban J connectivity index is 1.62. The Morgan fingerprint density at radius 1 is 1.14 bits per heavy atom. The van der Waals surface area contributed by atoms with Crippen molar-refractivity contribution in [3.8, 4) is 5.75 Å². The van der Waals surface area contributed by atoms with E-state index in [9.17, 15) is 18.4 Å². The number of carbonyl (C=O) groups excluding carboxylic acids is 1. The molecule has 2 atom stereocenters. The summed E-state index contributed by atoms with van der Waals surface area (Å²) in [6, 6.07) is 5.33. The van der Waals surface area contributed by atoms with Crippen LogP contribution < -0.4 is 10.3 Å². The van der Waals surface area contributed by atoms with Crippen LogP contribution in [0.4, 0.5) is 8.78 Å². The zero-order valence-corrected chi connectivity index (χ0v) is 15.4. The molecule has 0 radical (unpaired) electrons. The van der Waals surface area contributed by atoms with E-state index in [-0.39, 0.29) is 28.6 Å². The topological polar surface area (TPSA) is 77.3 Å². The third-order valence-electron chi connectivity index (χ3n) is 5.47. The highest BCUT2D eigenvalue weighted by Gasteiger charge is 2.37. The van der Waals surface area contributed by atoms with Crippen LogP contribution in [0.5, 0.6) is 5.75 Å². The van der Waals surface area contributed by atoms with E-state index in [4.69, 9.17) is 4.74 Å². The van der Waals surface area contributed by atoms with Gasteiger partial charge < -0.3 is 9.64 Å². The maximum atomic E-state index is 13.6. The van der Waals surface area contributed by atoms with Gasteiger partial charge in [-0.15, -0.1) is 5.10 Å². The van der Waals surface area contributed by atoms with Crippen LogP contribution in [-0.2, 0) is 0 Å². The van der Waals surface area contributed by atoms with Crippen LogP contribution in [0.3, 0.4) is 0 Å². The highest BCUT2D eigenvalue weighted by molar-refractivity contribution is 6.01. The predicted molar refractivity (Wildman–Crippen MR) is 98.7 cm³/mol. The number of hydrogen-bond acceptors (Lipinski definition) is 5. The zero-order valence-electron chi connectivity index (χ0n) is 15.4. The normalized spacial score (nSPS) is 19.1.